The van der Waals surface area contributed by atoms with Crippen molar-refractivity contribution in [3.63, 3.8) is 0 Å². The number of piperidine rings is 2. The molecule has 8 heteroatoms. The third kappa shape index (κ3) is 10.1. The van der Waals surface area contributed by atoms with Crippen LogP contribution in [-0.4, -0.2) is 78.4 Å². The zero-order valence-electron chi connectivity index (χ0n) is 36.1. The van der Waals surface area contributed by atoms with E-state index < -0.39 is 0 Å². The van der Waals surface area contributed by atoms with E-state index in [9.17, 15) is 0 Å². The zero-order valence-corrected chi connectivity index (χ0v) is 36.1. The molecule has 2 fully saturated rings. The highest BCUT2D eigenvalue weighted by atomic mass is 15.5. The van der Waals surface area contributed by atoms with E-state index in [1.54, 1.807) is 0 Å². The summed E-state index contributed by atoms with van der Waals surface area (Å²) in [4.78, 5) is 23.8. The van der Waals surface area contributed by atoms with Crippen LogP contribution in [-0.2, 0) is 5.41 Å². The number of hydrogen-bond donors (Lipinski definition) is 2. The average molecular weight is 697 g/mol. The molecule has 0 spiro atoms. The van der Waals surface area contributed by atoms with Gasteiger partial charge in [-0.15, -0.1) is 0 Å². The lowest BCUT2D eigenvalue weighted by Gasteiger charge is -2.60. The molecule has 4 rings (SSSR count). The highest BCUT2D eigenvalue weighted by molar-refractivity contribution is 5.48. The summed E-state index contributed by atoms with van der Waals surface area (Å²) >= 11 is 0. The third-order valence-corrected chi connectivity index (χ3v) is 11.2. The van der Waals surface area contributed by atoms with Gasteiger partial charge in [-0.1, -0.05) is 54.4 Å². The first-order valence-electron chi connectivity index (χ1n) is 20.1. The standard InChI is InChI=1S/C42H80N8/c1-35(2,3)29-41(16,17)50-34-44-32(36(4,5)6)43-33(45-34)48(30-25-40(14,15)47-42(50,18)28-30)23-21-19-20-22-24-49(37(7,8)9)31-26-38(10,11)46-39(12,13)27-31/h30-31,46-47H,19-29H2,1-18H3. The van der Waals surface area contributed by atoms with Crippen LogP contribution in [0.2, 0.25) is 0 Å². The van der Waals surface area contributed by atoms with E-state index in [0.717, 1.165) is 56.5 Å². The Morgan fingerprint density at radius 1 is 0.660 bits per heavy atom. The highest BCUT2D eigenvalue weighted by Gasteiger charge is 2.53. The maximum Gasteiger partial charge on any atom is 0.232 e. The first-order chi connectivity index (χ1) is 22.4. The fraction of sp³-hybridized carbons (Fsp3) is 0.929. The molecule has 8 nitrogen and oxygen atoms in total. The minimum atomic E-state index is -0.304. The third-order valence-electron chi connectivity index (χ3n) is 11.2. The fourth-order valence-corrected chi connectivity index (χ4v) is 10.7. The second-order valence-corrected chi connectivity index (χ2v) is 22.7. The maximum atomic E-state index is 5.36. The molecule has 2 saturated heterocycles. The van der Waals surface area contributed by atoms with Gasteiger partial charge < -0.3 is 15.1 Å². The number of hydrogen-bond acceptors (Lipinski definition) is 8. The molecule has 2 unspecified atom stereocenters. The van der Waals surface area contributed by atoms with Gasteiger partial charge >= 0.3 is 0 Å². The van der Waals surface area contributed by atoms with E-state index in [0.29, 0.717) is 12.1 Å². The van der Waals surface area contributed by atoms with Crippen LogP contribution >= 0.6 is 0 Å². The molecule has 1 aromatic heterocycles. The maximum absolute atomic E-state index is 5.36. The Balaban J connectivity index is 1.56. The largest absolute Gasteiger partial charge is 0.337 e. The van der Waals surface area contributed by atoms with E-state index in [1.807, 2.05) is 0 Å². The monoisotopic (exact) mass is 697 g/mol. The van der Waals surface area contributed by atoms with Gasteiger partial charge in [0.15, 0.2) is 0 Å². The van der Waals surface area contributed by atoms with Crippen LogP contribution in [0.1, 0.15) is 188 Å². The summed E-state index contributed by atoms with van der Waals surface area (Å²) in [7, 11) is 0. The Hall–Kier alpha value is -1.51. The van der Waals surface area contributed by atoms with Crippen molar-refractivity contribution < 1.29 is 0 Å². The summed E-state index contributed by atoms with van der Waals surface area (Å²) in [6.07, 6.45) is 10.3. The van der Waals surface area contributed by atoms with Crippen molar-refractivity contribution in [2.24, 2.45) is 5.41 Å². The molecule has 0 amide bonds. The van der Waals surface area contributed by atoms with Crippen LogP contribution in [0.15, 0.2) is 0 Å². The SMILES string of the molecule is CC(C)(C)CC(C)(C)N1c2nc(nc(C(C)(C)C)n2)N(CCCCCCN(C2CC(C)(C)NC(C)(C)C2)C(C)(C)C)C2CC(C)(C)NC1(C)C2. The lowest BCUT2D eigenvalue weighted by molar-refractivity contribution is 0.0111. The summed E-state index contributed by atoms with van der Waals surface area (Å²) in [5.41, 5.74) is -0.0724. The van der Waals surface area contributed by atoms with Gasteiger partial charge in [-0.05, 0) is 134 Å². The second kappa shape index (κ2) is 13.7. The van der Waals surface area contributed by atoms with Crippen molar-refractivity contribution in [3.8, 4) is 0 Å². The first kappa shape index (κ1) is 41.2. The van der Waals surface area contributed by atoms with Gasteiger partial charge in [0.2, 0.25) is 11.9 Å². The Morgan fingerprint density at radius 2 is 1.20 bits per heavy atom. The lowest BCUT2D eigenvalue weighted by Crippen LogP contribution is -2.74. The van der Waals surface area contributed by atoms with Gasteiger partial charge in [-0.2, -0.15) is 15.0 Å². The molecule has 0 saturated carbocycles. The van der Waals surface area contributed by atoms with Crippen molar-refractivity contribution in [2.45, 2.75) is 233 Å². The average Bonchev–Trinajstić information content (AvgIpc) is 2.83. The highest BCUT2D eigenvalue weighted by Crippen LogP contribution is 2.45. The van der Waals surface area contributed by atoms with Crippen molar-refractivity contribution in [1.82, 2.24) is 30.5 Å². The number of fused-ring (bicyclic) bond motifs is 4. The topological polar surface area (TPSA) is 72.5 Å². The van der Waals surface area contributed by atoms with Crippen LogP contribution in [0.25, 0.3) is 0 Å². The summed E-state index contributed by atoms with van der Waals surface area (Å²) in [5, 5.41) is 8.03. The van der Waals surface area contributed by atoms with Gasteiger partial charge in [0.25, 0.3) is 0 Å². The van der Waals surface area contributed by atoms with Crippen LogP contribution < -0.4 is 20.4 Å². The van der Waals surface area contributed by atoms with E-state index in [-0.39, 0.29) is 44.2 Å². The summed E-state index contributed by atoms with van der Waals surface area (Å²) < 4.78 is 0. The molecule has 0 radical (unpaired) electrons. The van der Waals surface area contributed by atoms with Gasteiger partial charge in [0, 0.05) is 58.2 Å². The Morgan fingerprint density at radius 3 is 1.74 bits per heavy atom. The molecule has 0 aliphatic carbocycles. The zero-order chi connectivity index (χ0) is 37.9. The van der Waals surface area contributed by atoms with Crippen LogP contribution in [0.3, 0.4) is 0 Å². The van der Waals surface area contributed by atoms with Crippen LogP contribution in [0.4, 0.5) is 11.9 Å². The summed E-state index contributed by atoms with van der Waals surface area (Å²) in [6.45, 7) is 44.5. The van der Waals surface area contributed by atoms with Crippen molar-refractivity contribution in [1.29, 1.82) is 0 Å². The molecule has 288 valence electrons. The molecule has 3 aliphatic heterocycles. The van der Waals surface area contributed by atoms with Gasteiger partial charge in [-0.3, -0.25) is 10.2 Å². The van der Waals surface area contributed by atoms with Crippen molar-refractivity contribution in [2.75, 3.05) is 22.9 Å². The minimum Gasteiger partial charge on any atom is -0.337 e. The molecule has 2 N–H and O–H groups in total. The van der Waals surface area contributed by atoms with E-state index in [1.165, 1.54) is 32.1 Å². The second-order valence-electron chi connectivity index (χ2n) is 22.7. The van der Waals surface area contributed by atoms with Gasteiger partial charge in [0.05, 0.1) is 5.66 Å². The number of anilines is 2. The molecule has 0 aromatic carbocycles. The Kier molecular flexibility index (Phi) is 11.3. The predicted molar refractivity (Wildman–Crippen MR) is 214 cm³/mol. The minimum absolute atomic E-state index is 0.0382. The molecular formula is C42H80N8. The molecule has 4 heterocycles. The Labute approximate surface area is 309 Å². The fourth-order valence-electron chi connectivity index (χ4n) is 10.7. The first-order valence-corrected chi connectivity index (χ1v) is 20.1. The number of nitrogens with one attached hydrogen (secondary N) is 2. The number of rotatable bonds is 10. The summed E-state index contributed by atoms with van der Waals surface area (Å²) in [5.74, 6) is 2.57. The molecule has 1 aromatic rings. The molecule has 2 atom stereocenters. The molecular weight excluding hydrogens is 617 g/mol. The number of aromatic nitrogens is 3. The summed E-state index contributed by atoms with van der Waals surface area (Å²) in [6, 6.07) is 0.943. The van der Waals surface area contributed by atoms with Gasteiger partial charge in [0.1, 0.15) is 5.82 Å². The van der Waals surface area contributed by atoms with Gasteiger partial charge in [-0.25, -0.2) is 0 Å². The van der Waals surface area contributed by atoms with E-state index in [2.05, 4.69) is 150 Å². The van der Waals surface area contributed by atoms with Crippen molar-refractivity contribution in [3.05, 3.63) is 5.82 Å². The van der Waals surface area contributed by atoms with Crippen molar-refractivity contribution >= 4 is 11.9 Å². The number of nitrogens with zero attached hydrogens (tertiary/aromatic N) is 6. The smallest absolute Gasteiger partial charge is 0.232 e. The quantitative estimate of drug-likeness (QED) is 0.235. The molecule has 3 aliphatic rings. The van der Waals surface area contributed by atoms with Crippen LogP contribution in [0, 0.1) is 5.41 Å². The van der Waals surface area contributed by atoms with E-state index in [4.69, 9.17) is 15.0 Å². The lowest BCUT2D eigenvalue weighted by atomic mass is 9.76. The number of unbranched alkanes of at least 4 members (excludes halogenated alkanes) is 3. The van der Waals surface area contributed by atoms with E-state index >= 15 is 0 Å². The molecule has 4 bridgehead atoms. The normalized spacial score (nSPS) is 25.9. The predicted octanol–water partition coefficient (Wildman–Crippen LogP) is 9.23. The van der Waals surface area contributed by atoms with Crippen LogP contribution in [0.5, 0.6) is 0 Å². The molecule has 50 heavy (non-hydrogen) atoms. The Bertz CT molecular complexity index is 1290.